The molecule has 0 amide bonds. The summed E-state index contributed by atoms with van der Waals surface area (Å²) in [5.74, 6) is -1.67. The van der Waals surface area contributed by atoms with Crippen molar-refractivity contribution in [2.45, 2.75) is 29.9 Å². The molecule has 0 saturated heterocycles. The van der Waals surface area contributed by atoms with Crippen molar-refractivity contribution in [3.8, 4) is 0 Å². The van der Waals surface area contributed by atoms with Gasteiger partial charge in [0.1, 0.15) is 6.04 Å². The molecule has 0 heterocycles. The Labute approximate surface area is 218 Å². The van der Waals surface area contributed by atoms with E-state index < -0.39 is 39.9 Å². The lowest BCUT2D eigenvalue weighted by atomic mass is 9.95. The van der Waals surface area contributed by atoms with Gasteiger partial charge in [-0.1, -0.05) is 83.9 Å². The first kappa shape index (κ1) is 27.1. The molecule has 3 aromatic rings. The Hall–Kier alpha value is -3.46. The Balaban J connectivity index is 2.09. The van der Waals surface area contributed by atoms with Crippen molar-refractivity contribution in [2.75, 3.05) is 6.61 Å². The summed E-state index contributed by atoms with van der Waals surface area (Å²) in [6.45, 7) is 1.73. The molecule has 3 aromatic carbocycles. The molecule has 1 N–H and O–H groups in total. The van der Waals surface area contributed by atoms with Crippen LogP contribution in [0.1, 0.15) is 35.8 Å². The molecule has 10 heteroatoms. The number of nitrogens with zero attached hydrogens (tertiary/aromatic N) is 1. The summed E-state index contributed by atoms with van der Waals surface area (Å²) in [6, 6.07) is 22.4. The molecule has 0 fully saturated rings. The number of non-ortho nitro benzene ring substituents is 1. The van der Waals surface area contributed by atoms with Crippen LogP contribution in [0.5, 0.6) is 0 Å². The largest absolute Gasteiger partial charge is 0.465 e. The van der Waals surface area contributed by atoms with Crippen molar-refractivity contribution in [1.82, 2.24) is 5.32 Å². The van der Waals surface area contributed by atoms with Crippen molar-refractivity contribution >= 4 is 40.8 Å². The van der Waals surface area contributed by atoms with Crippen molar-refractivity contribution in [2.24, 2.45) is 0 Å². The van der Waals surface area contributed by atoms with Crippen molar-refractivity contribution in [3.05, 3.63) is 112 Å². The number of esters is 2. The zero-order valence-corrected chi connectivity index (χ0v) is 20.8. The van der Waals surface area contributed by atoms with Gasteiger partial charge in [-0.2, -0.15) is 0 Å². The van der Waals surface area contributed by atoms with Crippen molar-refractivity contribution in [3.63, 3.8) is 0 Å². The Morgan fingerprint density at radius 3 is 1.83 bits per heavy atom. The zero-order chi connectivity index (χ0) is 26.1. The number of rotatable bonds is 11. The molecule has 36 heavy (non-hydrogen) atoms. The van der Waals surface area contributed by atoms with E-state index in [9.17, 15) is 19.7 Å². The van der Waals surface area contributed by atoms with Crippen LogP contribution in [-0.2, 0) is 19.1 Å². The molecule has 0 spiro atoms. The summed E-state index contributed by atoms with van der Waals surface area (Å²) in [7, 11) is 0. The van der Waals surface area contributed by atoms with Crippen LogP contribution >= 0.6 is 23.2 Å². The minimum Gasteiger partial charge on any atom is -0.465 e. The van der Waals surface area contributed by atoms with Gasteiger partial charge in [-0.3, -0.25) is 20.2 Å². The Morgan fingerprint density at radius 2 is 1.39 bits per heavy atom. The van der Waals surface area contributed by atoms with Gasteiger partial charge in [-0.05, 0) is 35.7 Å². The maximum atomic E-state index is 13.2. The van der Waals surface area contributed by atoms with E-state index in [0.717, 1.165) is 11.1 Å². The standard InChI is InChI=1S/C26H24Cl2N2O6/c1-2-35-25(31)22(29-21(17-9-5-3-6-10-17)18-11-7-4-8-12-18)23(36-26(32)24(27)28)19-13-15-20(16-14-19)30(33)34/h3-16,21-24,29H,2H2,1H3/t22-,23+/m0/s1. The molecule has 188 valence electrons. The van der Waals surface area contributed by atoms with Gasteiger partial charge in [0.2, 0.25) is 4.84 Å². The molecule has 3 rings (SSSR count). The lowest BCUT2D eigenvalue weighted by Crippen LogP contribution is -2.46. The molecule has 0 aliphatic rings. The fourth-order valence-corrected chi connectivity index (χ4v) is 3.76. The van der Waals surface area contributed by atoms with Gasteiger partial charge >= 0.3 is 11.9 Å². The van der Waals surface area contributed by atoms with E-state index in [1.807, 2.05) is 60.7 Å². The lowest BCUT2D eigenvalue weighted by Gasteiger charge is -2.31. The van der Waals surface area contributed by atoms with Crippen LogP contribution < -0.4 is 5.32 Å². The number of nitro groups is 1. The molecular weight excluding hydrogens is 507 g/mol. The SMILES string of the molecule is CCOC(=O)[C@@H](NC(c1ccccc1)c1ccccc1)[C@H](OC(=O)C(Cl)Cl)c1ccc([N+](=O)[O-])cc1. The number of ether oxygens (including phenoxy) is 2. The number of carbonyl (C=O) groups is 2. The first-order valence-electron chi connectivity index (χ1n) is 11.1. The number of halogens is 2. The normalized spacial score (nSPS) is 12.7. The minimum absolute atomic E-state index is 0.0763. The van der Waals surface area contributed by atoms with E-state index in [1.165, 1.54) is 24.3 Å². The summed E-state index contributed by atoms with van der Waals surface area (Å²) in [4.78, 5) is 34.7. The van der Waals surface area contributed by atoms with Crippen molar-refractivity contribution < 1.29 is 24.0 Å². The molecule has 0 bridgehead atoms. The minimum atomic E-state index is -1.51. The third kappa shape index (κ3) is 7.04. The van der Waals surface area contributed by atoms with Crippen molar-refractivity contribution in [1.29, 1.82) is 0 Å². The van der Waals surface area contributed by atoms with Crippen LogP contribution in [0.4, 0.5) is 5.69 Å². The van der Waals surface area contributed by atoms with Crippen LogP contribution in [0, 0.1) is 10.1 Å². The molecule has 0 aliphatic carbocycles. The smallest absolute Gasteiger partial charge is 0.340 e. The van der Waals surface area contributed by atoms with Crippen LogP contribution in [-0.4, -0.2) is 34.3 Å². The highest BCUT2D eigenvalue weighted by molar-refractivity contribution is 6.52. The summed E-state index contributed by atoms with van der Waals surface area (Å²) in [5.41, 5.74) is 1.84. The molecule has 2 atom stereocenters. The Bertz CT molecular complexity index is 1120. The maximum absolute atomic E-state index is 13.2. The zero-order valence-electron chi connectivity index (χ0n) is 19.3. The summed E-state index contributed by atoms with van der Waals surface area (Å²) in [6.07, 6.45) is -1.26. The van der Waals surface area contributed by atoms with E-state index in [4.69, 9.17) is 32.7 Å². The quantitative estimate of drug-likeness (QED) is 0.155. The maximum Gasteiger partial charge on any atom is 0.340 e. The van der Waals surface area contributed by atoms with Gasteiger partial charge < -0.3 is 9.47 Å². The second-order valence-electron chi connectivity index (χ2n) is 7.66. The summed E-state index contributed by atoms with van der Waals surface area (Å²) >= 11 is 11.5. The number of hydrogen-bond acceptors (Lipinski definition) is 7. The molecule has 0 saturated carbocycles. The molecule has 0 unspecified atom stereocenters. The fourth-order valence-electron chi connectivity index (χ4n) is 3.66. The topological polar surface area (TPSA) is 108 Å². The molecule has 0 radical (unpaired) electrons. The second kappa shape index (κ2) is 13.0. The highest BCUT2D eigenvalue weighted by Gasteiger charge is 2.37. The Kier molecular flexibility index (Phi) is 9.81. The van der Waals surface area contributed by atoms with Crippen LogP contribution in [0.2, 0.25) is 0 Å². The highest BCUT2D eigenvalue weighted by atomic mass is 35.5. The highest BCUT2D eigenvalue weighted by Crippen LogP contribution is 2.30. The van der Waals surface area contributed by atoms with Crippen LogP contribution in [0.25, 0.3) is 0 Å². The fraction of sp³-hybridized carbons (Fsp3) is 0.231. The van der Waals surface area contributed by atoms with Gasteiger partial charge in [0.25, 0.3) is 5.69 Å². The van der Waals surface area contributed by atoms with Gasteiger partial charge in [0.15, 0.2) is 6.10 Å². The third-order valence-electron chi connectivity index (χ3n) is 5.31. The van der Waals surface area contributed by atoms with E-state index in [2.05, 4.69) is 5.32 Å². The number of benzene rings is 3. The van der Waals surface area contributed by atoms with Gasteiger partial charge in [-0.15, -0.1) is 0 Å². The number of carbonyl (C=O) groups excluding carboxylic acids is 2. The number of nitrogens with one attached hydrogen (secondary N) is 1. The monoisotopic (exact) mass is 530 g/mol. The number of alkyl halides is 2. The van der Waals surface area contributed by atoms with Gasteiger partial charge in [0, 0.05) is 12.1 Å². The first-order chi connectivity index (χ1) is 17.3. The number of hydrogen-bond donors (Lipinski definition) is 1. The number of nitro benzene ring substituents is 1. The molecular formula is C26H24Cl2N2O6. The predicted molar refractivity (Wildman–Crippen MR) is 136 cm³/mol. The molecule has 8 nitrogen and oxygen atoms in total. The van der Waals surface area contributed by atoms with E-state index in [0.29, 0.717) is 5.56 Å². The van der Waals surface area contributed by atoms with E-state index in [-0.39, 0.29) is 12.3 Å². The summed E-state index contributed by atoms with van der Waals surface area (Å²) in [5, 5.41) is 14.4. The van der Waals surface area contributed by atoms with E-state index in [1.54, 1.807) is 6.92 Å². The van der Waals surface area contributed by atoms with Crippen LogP contribution in [0.15, 0.2) is 84.9 Å². The van der Waals surface area contributed by atoms with Gasteiger partial charge in [-0.25, -0.2) is 4.79 Å². The predicted octanol–water partition coefficient (Wildman–Crippen LogP) is 5.29. The van der Waals surface area contributed by atoms with Crippen LogP contribution in [0.3, 0.4) is 0 Å². The molecule has 0 aliphatic heterocycles. The first-order valence-corrected chi connectivity index (χ1v) is 11.9. The molecule has 0 aromatic heterocycles. The third-order valence-corrected chi connectivity index (χ3v) is 5.67. The lowest BCUT2D eigenvalue weighted by molar-refractivity contribution is -0.384. The summed E-state index contributed by atoms with van der Waals surface area (Å²) < 4.78 is 10.9. The average Bonchev–Trinajstić information content (AvgIpc) is 2.89. The Morgan fingerprint density at radius 1 is 0.861 bits per heavy atom. The van der Waals surface area contributed by atoms with E-state index >= 15 is 0 Å². The average molecular weight is 531 g/mol. The van der Waals surface area contributed by atoms with Gasteiger partial charge in [0.05, 0.1) is 17.6 Å². The second-order valence-corrected chi connectivity index (χ2v) is 8.75.